The highest BCUT2D eigenvalue weighted by molar-refractivity contribution is 6.02. The van der Waals surface area contributed by atoms with Crippen LogP contribution >= 0.6 is 0 Å². The zero-order valence-corrected chi connectivity index (χ0v) is 11.2. The van der Waals surface area contributed by atoms with Gasteiger partial charge in [0.25, 0.3) is 0 Å². The molecule has 0 saturated heterocycles. The highest BCUT2D eigenvalue weighted by atomic mass is 16.1. The van der Waals surface area contributed by atoms with E-state index < -0.39 is 0 Å². The fraction of sp³-hybridized carbons (Fsp3) is 0.312. The Balaban J connectivity index is 2.61. The molecule has 2 unspecified atom stereocenters. The summed E-state index contributed by atoms with van der Waals surface area (Å²) in [6, 6.07) is 10.4. The summed E-state index contributed by atoms with van der Waals surface area (Å²) in [4.78, 5) is 14.1. The van der Waals surface area contributed by atoms with Crippen molar-refractivity contribution in [2.45, 2.75) is 19.9 Å². The minimum Gasteiger partial charge on any atom is -0.370 e. The van der Waals surface area contributed by atoms with Gasteiger partial charge >= 0.3 is 0 Å². The van der Waals surface area contributed by atoms with Crippen molar-refractivity contribution >= 4 is 11.5 Å². The summed E-state index contributed by atoms with van der Waals surface area (Å²) in [6.07, 6.45) is 1.88. The lowest BCUT2D eigenvalue weighted by atomic mass is 9.91. The van der Waals surface area contributed by atoms with Crippen molar-refractivity contribution in [1.82, 2.24) is 4.90 Å². The Morgan fingerprint density at radius 2 is 1.94 bits per heavy atom. The molecular formula is C16H19NO. The maximum absolute atomic E-state index is 12.0. The quantitative estimate of drug-likeness (QED) is 0.758. The first-order valence-electron chi connectivity index (χ1n) is 6.23. The molecule has 94 valence electrons. The molecule has 1 aromatic carbocycles. The highest BCUT2D eigenvalue weighted by Crippen LogP contribution is 2.39. The van der Waals surface area contributed by atoms with Gasteiger partial charge in [0.15, 0.2) is 5.78 Å². The van der Waals surface area contributed by atoms with Gasteiger partial charge in [-0.15, -0.1) is 6.58 Å². The maximum atomic E-state index is 12.0. The summed E-state index contributed by atoms with van der Waals surface area (Å²) >= 11 is 0. The summed E-state index contributed by atoms with van der Waals surface area (Å²) in [5, 5.41) is 0. The Hall–Kier alpha value is -1.83. The third-order valence-electron chi connectivity index (χ3n) is 3.75. The Kier molecular flexibility index (Phi) is 3.37. The van der Waals surface area contributed by atoms with Crippen molar-refractivity contribution in [2.75, 3.05) is 7.05 Å². The largest absolute Gasteiger partial charge is 0.370 e. The number of benzene rings is 1. The standard InChI is InChI=1S/C16H19NO/c1-5-14-11(2)17(4)16(15(14)12(3)18)13-9-7-6-8-10-13/h5-11,14H,1H2,2-4H3. The fourth-order valence-electron chi connectivity index (χ4n) is 2.71. The zero-order chi connectivity index (χ0) is 13.3. The second kappa shape index (κ2) is 4.81. The highest BCUT2D eigenvalue weighted by Gasteiger charge is 2.36. The molecule has 0 spiro atoms. The predicted octanol–water partition coefficient (Wildman–Crippen LogP) is 3.12. The molecule has 1 aromatic rings. The molecule has 0 saturated carbocycles. The normalized spacial score (nSPS) is 23.4. The number of nitrogens with zero attached hydrogens (tertiary/aromatic N) is 1. The van der Waals surface area contributed by atoms with Crippen LogP contribution in [-0.4, -0.2) is 23.8 Å². The molecule has 1 aliphatic heterocycles. The second-order valence-corrected chi connectivity index (χ2v) is 4.80. The molecule has 2 nitrogen and oxygen atoms in total. The summed E-state index contributed by atoms with van der Waals surface area (Å²) in [7, 11) is 2.04. The van der Waals surface area contributed by atoms with Gasteiger partial charge < -0.3 is 4.90 Å². The van der Waals surface area contributed by atoms with Gasteiger partial charge in [-0.2, -0.15) is 0 Å². The average Bonchev–Trinajstić information content (AvgIpc) is 2.63. The lowest BCUT2D eigenvalue weighted by Gasteiger charge is -2.24. The number of carbonyl (C=O) groups excluding carboxylic acids is 1. The van der Waals surface area contributed by atoms with Crippen molar-refractivity contribution in [3.05, 3.63) is 54.1 Å². The van der Waals surface area contributed by atoms with E-state index in [1.165, 1.54) is 0 Å². The van der Waals surface area contributed by atoms with Crippen LogP contribution in [0.1, 0.15) is 19.4 Å². The van der Waals surface area contributed by atoms with E-state index in [9.17, 15) is 4.79 Å². The van der Waals surface area contributed by atoms with Crippen LogP contribution in [0, 0.1) is 5.92 Å². The topological polar surface area (TPSA) is 20.3 Å². The second-order valence-electron chi connectivity index (χ2n) is 4.80. The predicted molar refractivity (Wildman–Crippen MR) is 75.0 cm³/mol. The van der Waals surface area contributed by atoms with E-state index in [-0.39, 0.29) is 17.7 Å². The van der Waals surface area contributed by atoms with Gasteiger partial charge in [-0.05, 0) is 19.4 Å². The maximum Gasteiger partial charge on any atom is 0.158 e. The zero-order valence-electron chi connectivity index (χ0n) is 11.2. The lowest BCUT2D eigenvalue weighted by molar-refractivity contribution is -0.113. The Labute approximate surface area is 109 Å². The van der Waals surface area contributed by atoms with E-state index in [4.69, 9.17) is 0 Å². The van der Waals surface area contributed by atoms with Crippen LogP contribution in [0.2, 0.25) is 0 Å². The van der Waals surface area contributed by atoms with Crippen LogP contribution in [-0.2, 0) is 4.79 Å². The Morgan fingerprint density at radius 3 is 2.44 bits per heavy atom. The monoisotopic (exact) mass is 241 g/mol. The van der Waals surface area contributed by atoms with Gasteiger partial charge in [0.2, 0.25) is 0 Å². The van der Waals surface area contributed by atoms with Crippen LogP contribution in [0.15, 0.2) is 48.6 Å². The minimum atomic E-state index is 0.114. The van der Waals surface area contributed by atoms with E-state index in [1.807, 2.05) is 43.5 Å². The number of rotatable bonds is 3. The number of ketones is 1. The molecule has 0 fully saturated rings. The van der Waals surface area contributed by atoms with Gasteiger partial charge in [-0.3, -0.25) is 4.79 Å². The van der Waals surface area contributed by atoms with Gasteiger partial charge in [0.1, 0.15) is 0 Å². The number of hydrogen-bond donors (Lipinski definition) is 0. The molecule has 2 heteroatoms. The van der Waals surface area contributed by atoms with Gasteiger partial charge in [0.05, 0.1) is 5.70 Å². The van der Waals surface area contributed by atoms with Crippen LogP contribution < -0.4 is 0 Å². The Bertz CT molecular complexity index is 501. The van der Waals surface area contributed by atoms with E-state index in [0.717, 1.165) is 16.8 Å². The molecule has 0 radical (unpaired) electrons. The summed E-state index contributed by atoms with van der Waals surface area (Å²) in [5.41, 5.74) is 3.02. The smallest absolute Gasteiger partial charge is 0.158 e. The van der Waals surface area contributed by atoms with Gasteiger partial charge in [0, 0.05) is 24.6 Å². The van der Waals surface area contributed by atoms with Crippen LogP contribution in [0.4, 0.5) is 0 Å². The first-order chi connectivity index (χ1) is 8.57. The van der Waals surface area contributed by atoms with Crippen molar-refractivity contribution in [1.29, 1.82) is 0 Å². The van der Waals surface area contributed by atoms with E-state index in [2.05, 4.69) is 18.4 Å². The lowest BCUT2D eigenvalue weighted by Crippen LogP contribution is -2.26. The summed E-state index contributed by atoms with van der Waals surface area (Å²) in [6.45, 7) is 7.64. The molecular weight excluding hydrogens is 222 g/mol. The SMILES string of the molecule is C=CC1C(C(C)=O)=C(c2ccccc2)N(C)C1C. The van der Waals surface area contributed by atoms with Gasteiger partial charge in [-0.1, -0.05) is 36.4 Å². The molecule has 0 aliphatic carbocycles. The first-order valence-corrected chi connectivity index (χ1v) is 6.23. The fourth-order valence-corrected chi connectivity index (χ4v) is 2.71. The molecule has 0 N–H and O–H groups in total. The van der Waals surface area contributed by atoms with Crippen molar-refractivity contribution in [3.8, 4) is 0 Å². The first kappa shape index (κ1) is 12.6. The number of carbonyl (C=O) groups is 1. The minimum absolute atomic E-state index is 0.114. The molecule has 18 heavy (non-hydrogen) atoms. The number of hydrogen-bond acceptors (Lipinski definition) is 2. The van der Waals surface area contributed by atoms with E-state index in [0.29, 0.717) is 0 Å². The molecule has 2 rings (SSSR count). The van der Waals surface area contributed by atoms with Crippen LogP contribution in [0.3, 0.4) is 0 Å². The average molecular weight is 241 g/mol. The van der Waals surface area contributed by atoms with Crippen LogP contribution in [0.5, 0.6) is 0 Å². The molecule has 0 amide bonds. The van der Waals surface area contributed by atoms with Crippen molar-refractivity contribution in [2.24, 2.45) is 5.92 Å². The summed E-state index contributed by atoms with van der Waals surface area (Å²) in [5.74, 6) is 0.248. The van der Waals surface area contributed by atoms with Gasteiger partial charge in [-0.25, -0.2) is 0 Å². The molecule has 1 aliphatic rings. The van der Waals surface area contributed by atoms with E-state index >= 15 is 0 Å². The summed E-state index contributed by atoms with van der Waals surface area (Å²) < 4.78 is 0. The Morgan fingerprint density at radius 1 is 1.33 bits per heavy atom. The third-order valence-corrected chi connectivity index (χ3v) is 3.75. The molecule has 0 aromatic heterocycles. The van der Waals surface area contributed by atoms with E-state index in [1.54, 1.807) is 6.92 Å². The van der Waals surface area contributed by atoms with Crippen molar-refractivity contribution in [3.63, 3.8) is 0 Å². The van der Waals surface area contributed by atoms with Crippen LogP contribution in [0.25, 0.3) is 5.70 Å². The molecule has 1 heterocycles. The number of Topliss-reactive ketones (excluding diaryl/α,β-unsaturated/α-hetero) is 1. The molecule has 2 atom stereocenters. The third kappa shape index (κ3) is 1.88. The molecule has 0 bridgehead atoms. The van der Waals surface area contributed by atoms with Crippen molar-refractivity contribution < 1.29 is 4.79 Å².